The molecule has 0 atom stereocenters. The number of H-pyrrole nitrogens is 1. The summed E-state index contributed by atoms with van der Waals surface area (Å²) in [6, 6.07) is 15.5. The van der Waals surface area contributed by atoms with E-state index in [1.54, 1.807) is 6.07 Å². The molecular weight excluding hydrogens is 436 g/mol. The van der Waals surface area contributed by atoms with Crippen molar-refractivity contribution in [2.24, 2.45) is 5.73 Å². The Hall–Kier alpha value is -2.83. The highest BCUT2D eigenvalue weighted by atomic mass is 35.5. The molecule has 0 spiro atoms. The molecule has 3 heterocycles. The molecule has 2 fully saturated rings. The Morgan fingerprint density at radius 1 is 1.03 bits per heavy atom. The van der Waals surface area contributed by atoms with Gasteiger partial charge in [-0.15, -0.1) is 0 Å². The van der Waals surface area contributed by atoms with Crippen molar-refractivity contribution in [3.63, 3.8) is 0 Å². The van der Waals surface area contributed by atoms with E-state index in [4.69, 9.17) is 17.3 Å². The highest BCUT2D eigenvalue weighted by molar-refractivity contribution is 6.31. The number of nitrogens with two attached hydrogens (primary N) is 1. The molecule has 0 saturated carbocycles. The third kappa shape index (κ3) is 3.91. The zero-order chi connectivity index (χ0) is 23.0. The monoisotopic (exact) mass is 465 g/mol. The van der Waals surface area contributed by atoms with Crippen molar-refractivity contribution in [1.29, 1.82) is 0 Å². The first-order valence-corrected chi connectivity index (χ1v) is 12.2. The molecule has 7 heteroatoms. The number of rotatable bonds is 4. The second-order valence-corrected chi connectivity index (χ2v) is 9.77. The van der Waals surface area contributed by atoms with Gasteiger partial charge in [0.2, 0.25) is 0 Å². The summed E-state index contributed by atoms with van der Waals surface area (Å²) in [6.07, 6.45) is 4.80. The standard InChI is InChI=1S/C26H29ClN4O2/c27-19-9-10-21-20(17-19)22(18-7-3-1-4-8-18)23(24(32)29-21)30-15-11-26(12-16-30,25(28)33)31-13-5-2-6-14-31/h1,3-4,7-10,17H,2,5-6,11-16H2,(H2,28,33)(H,29,32)/p+1. The van der Waals surface area contributed by atoms with Crippen molar-refractivity contribution in [3.05, 3.63) is 63.9 Å². The fourth-order valence-corrected chi connectivity index (χ4v) is 5.97. The minimum atomic E-state index is -0.545. The number of quaternary nitrogens is 1. The van der Waals surface area contributed by atoms with E-state index in [0.29, 0.717) is 36.6 Å². The molecule has 0 bridgehead atoms. The number of carbonyl (C=O) groups is 1. The summed E-state index contributed by atoms with van der Waals surface area (Å²) in [4.78, 5) is 32.6. The molecule has 172 valence electrons. The van der Waals surface area contributed by atoms with E-state index in [-0.39, 0.29) is 11.5 Å². The van der Waals surface area contributed by atoms with Crippen LogP contribution in [0.2, 0.25) is 5.02 Å². The van der Waals surface area contributed by atoms with Crippen LogP contribution in [0.3, 0.4) is 0 Å². The van der Waals surface area contributed by atoms with E-state index in [1.165, 1.54) is 11.3 Å². The topological polar surface area (TPSA) is 83.6 Å². The van der Waals surface area contributed by atoms with Crippen LogP contribution in [0, 0.1) is 0 Å². The average Bonchev–Trinajstić information content (AvgIpc) is 2.84. The Balaban J connectivity index is 1.58. The molecule has 0 radical (unpaired) electrons. The molecule has 2 aliphatic rings. The number of amides is 1. The predicted molar refractivity (Wildman–Crippen MR) is 133 cm³/mol. The number of hydrogen-bond donors (Lipinski definition) is 3. The highest BCUT2D eigenvalue weighted by Gasteiger charge is 2.49. The van der Waals surface area contributed by atoms with Gasteiger partial charge in [-0.2, -0.15) is 0 Å². The van der Waals surface area contributed by atoms with Gasteiger partial charge >= 0.3 is 0 Å². The van der Waals surface area contributed by atoms with Crippen molar-refractivity contribution >= 4 is 34.1 Å². The van der Waals surface area contributed by atoms with Crippen LogP contribution >= 0.6 is 11.6 Å². The van der Waals surface area contributed by atoms with E-state index in [1.807, 2.05) is 42.5 Å². The van der Waals surface area contributed by atoms with E-state index in [9.17, 15) is 9.59 Å². The van der Waals surface area contributed by atoms with Crippen LogP contribution in [-0.4, -0.2) is 42.6 Å². The number of anilines is 1. The van der Waals surface area contributed by atoms with Crippen molar-refractivity contribution in [1.82, 2.24) is 4.98 Å². The second-order valence-electron chi connectivity index (χ2n) is 9.33. The highest BCUT2D eigenvalue weighted by Crippen LogP contribution is 2.37. The molecule has 4 N–H and O–H groups in total. The summed E-state index contributed by atoms with van der Waals surface area (Å²) >= 11 is 6.35. The third-order valence-corrected chi connectivity index (χ3v) is 7.79. The molecule has 6 nitrogen and oxygen atoms in total. The number of benzene rings is 2. The van der Waals surface area contributed by atoms with Crippen molar-refractivity contribution < 1.29 is 9.69 Å². The number of piperidine rings is 2. The molecule has 5 rings (SSSR count). The summed E-state index contributed by atoms with van der Waals surface area (Å²) in [6.45, 7) is 3.21. The van der Waals surface area contributed by atoms with Gasteiger partial charge in [0.05, 0.1) is 13.1 Å². The minimum absolute atomic E-state index is 0.124. The number of primary amides is 1. The molecule has 33 heavy (non-hydrogen) atoms. The van der Waals surface area contributed by atoms with Gasteiger partial charge in [0.15, 0.2) is 5.54 Å². The average molecular weight is 466 g/mol. The molecule has 3 aromatic rings. The number of nitrogens with zero attached hydrogens (tertiary/aromatic N) is 1. The zero-order valence-corrected chi connectivity index (χ0v) is 19.5. The minimum Gasteiger partial charge on any atom is -0.366 e. The van der Waals surface area contributed by atoms with Crippen molar-refractivity contribution in [2.75, 3.05) is 31.1 Å². The smallest absolute Gasteiger partial charge is 0.278 e. The quantitative estimate of drug-likeness (QED) is 0.554. The molecule has 0 unspecified atom stereocenters. The van der Waals surface area contributed by atoms with Gasteiger partial charge in [-0.05, 0) is 43.0 Å². The zero-order valence-electron chi connectivity index (χ0n) is 18.7. The lowest BCUT2D eigenvalue weighted by Crippen LogP contribution is -3.22. The lowest BCUT2D eigenvalue weighted by atomic mass is 9.83. The summed E-state index contributed by atoms with van der Waals surface area (Å²) in [7, 11) is 0. The number of hydrogen-bond acceptors (Lipinski definition) is 3. The number of likely N-dealkylation sites (tertiary alicyclic amines) is 1. The molecule has 2 saturated heterocycles. The summed E-state index contributed by atoms with van der Waals surface area (Å²) < 4.78 is 0. The van der Waals surface area contributed by atoms with Crippen LogP contribution in [0.15, 0.2) is 53.3 Å². The van der Waals surface area contributed by atoms with Gasteiger partial charge in [-0.1, -0.05) is 41.9 Å². The van der Waals surface area contributed by atoms with E-state index >= 15 is 0 Å². The molecular formula is C26H30ClN4O2+. The number of aromatic amines is 1. The largest absolute Gasteiger partial charge is 0.366 e. The van der Waals surface area contributed by atoms with E-state index in [2.05, 4.69) is 9.88 Å². The lowest BCUT2D eigenvalue weighted by Gasteiger charge is -2.45. The van der Waals surface area contributed by atoms with Gasteiger partial charge in [0.1, 0.15) is 5.69 Å². The summed E-state index contributed by atoms with van der Waals surface area (Å²) in [5, 5.41) is 1.54. The van der Waals surface area contributed by atoms with Crippen LogP contribution in [-0.2, 0) is 4.79 Å². The first-order chi connectivity index (χ1) is 16.0. The number of pyridine rings is 1. The Labute approximate surface area is 198 Å². The van der Waals surface area contributed by atoms with Crippen molar-refractivity contribution in [2.45, 2.75) is 37.6 Å². The first-order valence-electron chi connectivity index (χ1n) is 11.8. The number of aromatic nitrogens is 1. The Bertz CT molecular complexity index is 1230. The Kier molecular flexibility index (Phi) is 5.89. The first kappa shape index (κ1) is 22.0. The number of halogens is 1. The molecule has 0 aliphatic carbocycles. The van der Waals surface area contributed by atoms with Crippen LogP contribution < -0.4 is 21.1 Å². The van der Waals surface area contributed by atoms with E-state index in [0.717, 1.165) is 48.0 Å². The SMILES string of the molecule is NC(=O)C1([NH+]2CCCCC2)CCN(c2c(-c3ccccc3)c3cc(Cl)ccc3[nH]c2=O)CC1. The summed E-state index contributed by atoms with van der Waals surface area (Å²) in [5.41, 5.74) is 8.58. The maximum Gasteiger partial charge on any atom is 0.278 e. The Morgan fingerprint density at radius 3 is 2.39 bits per heavy atom. The number of carbonyl (C=O) groups excluding carboxylic acids is 1. The third-order valence-electron chi connectivity index (χ3n) is 7.55. The van der Waals surface area contributed by atoms with Gasteiger partial charge < -0.3 is 20.5 Å². The second kappa shape index (κ2) is 8.84. The van der Waals surface area contributed by atoms with Gasteiger partial charge in [-0.3, -0.25) is 9.59 Å². The maximum atomic E-state index is 13.4. The van der Waals surface area contributed by atoms with E-state index < -0.39 is 5.54 Å². The van der Waals surface area contributed by atoms with Crippen LogP contribution in [0.5, 0.6) is 0 Å². The van der Waals surface area contributed by atoms with Crippen LogP contribution in [0.1, 0.15) is 32.1 Å². The molecule has 2 aliphatic heterocycles. The fraction of sp³-hybridized carbons (Fsp3) is 0.385. The number of fused-ring (bicyclic) bond motifs is 1. The lowest BCUT2D eigenvalue weighted by molar-refractivity contribution is -0.947. The molecule has 2 aromatic carbocycles. The molecule has 1 aromatic heterocycles. The van der Waals surface area contributed by atoms with Gasteiger partial charge in [-0.25, -0.2) is 0 Å². The number of nitrogens with one attached hydrogen (secondary N) is 2. The predicted octanol–water partition coefficient (Wildman–Crippen LogP) is 2.74. The Morgan fingerprint density at radius 2 is 1.73 bits per heavy atom. The van der Waals surface area contributed by atoms with Crippen molar-refractivity contribution in [3.8, 4) is 11.1 Å². The normalized spacial score (nSPS) is 19.0. The maximum absolute atomic E-state index is 13.4. The van der Waals surface area contributed by atoms with Crippen LogP contribution in [0.25, 0.3) is 22.0 Å². The fourth-order valence-electron chi connectivity index (χ4n) is 5.80. The summed E-state index contributed by atoms with van der Waals surface area (Å²) in [5.74, 6) is -0.207. The molecule has 1 amide bonds. The van der Waals surface area contributed by atoms with Crippen LogP contribution in [0.4, 0.5) is 5.69 Å². The van der Waals surface area contributed by atoms with Gasteiger partial charge in [0, 0.05) is 47.4 Å². The van der Waals surface area contributed by atoms with Gasteiger partial charge in [0.25, 0.3) is 11.5 Å².